The first-order chi connectivity index (χ1) is 11.2. The molecule has 0 saturated carbocycles. The molecule has 0 amide bonds. The molecule has 1 aliphatic rings. The van der Waals surface area contributed by atoms with Crippen LogP contribution in [0.2, 0.25) is 0 Å². The predicted octanol–water partition coefficient (Wildman–Crippen LogP) is 0.519. The van der Waals surface area contributed by atoms with Crippen LogP contribution < -0.4 is 9.47 Å². The molecule has 1 heterocycles. The molecule has 0 saturated heterocycles. The van der Waals surface area contributed by atoms with Crippen LogP contribution in [0.3, 0.4) is 0 Å². The maximum absolute atomic E-state index is 11.7. The smallest absolute Gasteiger partial charge is 0.379 e. The van der Waals surface area contributed by atoms with Crippen LogP contribution in [0.15, 0.2) is 18.2 Å². The summed E-state index contributed by atoms with van der Waals surface area (Å²) in [5, 5.41) is 29.7. The lowest BCUT2D eigenvalue weighted by Crippen LogP contribution is -2.43. The first-order valence-electron chi connectivity index (χ1n) is 6.73. The van der Waals surface area contributed by atoms with Crippen molar-refractivity contribution in [3.63, 3.8) is 0 Å². The van der Waals surface area contributed by atoms with Crippen LogP contribution in [-0.4, -0.2) is 45.7 Å². The summed E-state index contributed by atoms with van der Waals surface area (Å²) in [6.07, 6.45) is 0. The number of benzene rings is 1. The largest absolute Gasteiger partial charge is 0.481 e. The van der Waals surface area contributed by atoms with Crippen molar-refractivity contribution in [1.29, 1.82) is 0 Å². The second-order valence-corrected chi connectivity index (χ2v) is 5.13. The monoisotopic (exact) mass is 339 g/mol. The van der Waals surface area contributed by atoms with Crippen LogP contribution in [0.25, 0.3) is 0 Å². The van der Waals surface area contributed by atoms with E-state index in [1.54, 1.807) is 0 Å². The quantitative estimate of drug-likeness (QED) is 0.411. The van der Waals surface area contributed by atoms with Gasteiger partial charge in [0.2, 0.25) is 6.79 Å². The number of ketones is 1. The summed E-state index contributed by atoms with van der Waals surface area (Å²) in [7, 11) is 0. The van der Waals surface area contributed by atoms with E-state index in [2.05, 4.69) is 0 Å². The van der Waals surface area contributed by atoms with E-state index >= 15 is 0 Å². The Morgan fingerprint density at radius 1 is 1.17 bits per heavy atom. The number of carbonyl (C=O) groups excluding carboxylic acids is 1. The molecule has 2 N–H and O–H groups in total. The van der Waals surface area contributed by atoms with Crippen molar-refractivity contribution in [3.8, 4) is 11.5 Å². The number of carboxylic acid groups (broad SMARTS) is 2. The van der Waals surface area contributed by atoms with E-state index in [0.717, 1.165) is 6.92 Å². The van der Waals surface area contributed by atoms with Crippen molar-refractivity contribution in [2.75, 3.05) is 6.79 Å². The predicted molar refractivity (Wildman–Crippen MR) is 75.5 cm³/mol. The number of Topliss-reactive ketones (excluding diaryl/α,β-unsaturated/α-hetero) is 1. The molecule has 0 spiro atoms. The van der Waals surface area contributed by atoms with Gasteiger partial charge in [0.25, 0.3) is 0 Å². The van der Waals surface area contributed by atoms with Crippen molar-refractivity contribution in [3.05, 3.63) is 33.9 Å². The minimum atomic E-state index is -2.31. The molecule has 1 aromatic carbocycles. The first-order valence-corrected chi connectivity index (χ1v) is 6.73. The summed E-state index contributed by atoms with van der Waals surface area (Å²) >= 11 is 0. The average Bonchev–Trinajstić information content (AvgIpc) is 2.92. The van der Waals surface area contributed by atoms with Gasteiger partial charge in [-0.15, -0.1) is 0 Å². The van der Waals surface area contributed by atoms with Gasteiger partial charge in [0.15, 0.2) is 11.5 Å². The van der Waals surface area contributed by atoms with Gasteiger partial charge in [0, 0.05) is 4.92 Å². The molecular formula is C14H13NO9. The van der Waals surface area contributed by atoms with E-state index in [1.165, 1.54) is 18.2 Å². The number of carboxylic acids is 2. The van der Waals surface area contributed by atoms with E-state index in [9.17, 15) is 34.7 Å². The molecule has 2 rings (SSSR count). The third-order valence-corrected chi connectivity index (χ3v) is 3.66. The second-order valence-electron chi connectivity index (χ2n) is 5.13. The van der Waals surface area contributed by atoms with Gasteiger partial charge in [-0.05, 0) is 24.6 Å². The molecule has 3 unspecified atom stereocenters. The topological polar surface area (TPSA) is 153 Å². The Morgan fingerprint density at radius 2 is 1.79 bits per heavy atom. The van der Waals surface area contributed by atoms with Crippen LogP contribution in [-0.2, 0) is 14.4 Å². The van der Waals surface area contributed by atoms with Gasteiger partial charge in [0.1, 0.15) is 11.7 Å². The Kier molecular flexibility index (Phi) is 4.67. The molecular weight excluding hydrogens is 326 g/mol. The van der Waals surface area contributed by atoms with Crippen molar-refractivity contribution >= 4 is 17.7 Å². The van der Waals surface area contributed by atoms with Gasteiger partial charge < -0.3 is 19.7 Å². The van der Waals surface area contributed by atoms with E-state index in [1.807, 2.05) is 0 Å². The normalized spacial score (nSPS) is 16.0. The maximum atomic E-state index is 11.7. The summed E-state index contributed by atoms with van der Waals surface area (Å²) in [6, 6.07) is 1.61. The molecule has 0 aliphatic carbocycles. The zero-order valence-corrected chi connectivity index (χ0v) is 12.4. The highest BCUT2D eigenvalue weighted by Gasteiger charge is 2.49. The van der Waals surface area contributed by atoms with Crippen molar-refractivity contribution in [2.24, 2.45) is 5.92 Å². The summed E-state index contributed by atoms with van der Waals surface area (Å²) < 4.78 is 10.2. The Labute approximate surface area is 134 Å². The Balaban J connectivity index is 2.61. The fourth-order valence-corrected chi connectivity index (χ4v) is 2.63. The van der Waals surface area contributed by atoms with Gasteiger partial charge >= 0.3 is 18.0 Å². The van der Waals surface area contributed by atoms with Crippen molar-refractivity contribution in [1.82, 2.24) is 0 Å². The maximum Gasteiger partial charge on any atom is 0.379 e. The van der Waals surface area contributed by atoms with E-state index < -0.39 is 40.5 Å². The fraction of sp³-hybridized carbons (Fsp3) is 0.357. The Hall–Kier alpha value is -3.17. The molecule has 10 heteroatoms. The summed E-state index contributed by atoms with van der Waals surface area (Å²) in [6.45, 7) is 0.855. The number of hydrogen-bond donors (Lipinski definition) is 2. The standard InChI is InChI=1S/C14H13NO9/c1-6(16)10(13(17)18)11(12(14(19)20)15(21)22)7-2-3-8-9(4-7)24-5-23-8/h2-4,10-12H,5H2,1H3,(H,17,18)(H,19,20). The molecule has 128 valence electrons. The highest BCUT2D eigenvalue weighted by molar-refractivity contribution is 5.98. The van der Waals surface area contributed by atoms with Gasteiger partial charge in [-0.1, -0.05) is 6.07 Å². The molecule has 24 heavy (non-hydrogen) atoms. The lowest BCUT2D eigenvalue weighted by Gasteiger charge is -2.23. The first kappa shape index (κ1) is 17.2. The molecule has 0 radical (unpaired) electrons. The average molecular weight is 339 g/mol. The van der Waals surface area contributed by atoms with Crippen molar-refractivity contribution < 1.29 is 39.0 Å². The molecule has 1 aliphatic heterocycles. The Bertz CT molecular complexity index is 654. The second kappa shape index (κ2) is 6.52. The molecule has 10 nitrogen and oxygen atoms in total. The number of hydrogen-bond acceptors (Lipinski definition) is 7. The highest BCUT2D eigenvalue weighted by Crippen LogP contribution is 2.38. The molecule has 0 bridgehead atoms. The van der Waals surface area contributed by atoms with Crippen LogP contribution in [0.1, 0.15) is 18.4 Å². The molecule has 0 fully saturated rings. The number of nitro groups is 1. The minimum absolute atomic E-state index is 0.00838. The van der Waals surface area contributed by atoms with Crippen molar-refractivity contribution in [2.45, 2.75) is 18.9 Å². The SMILES string of the molecule is CC(=O)C(C(=O)O)C(c1ccc2c(c1)OCO2)C(C(=O)O)[N+](=O)[O-]. The van der Waals surface area contributed by atoms with Crippen LogP contribution in [0.5, 0.6) is 11.5 Å². The van der Waals surface area contributed by atoms with Gasteiger partial charge in [-0.2, -0.15) is 0 Å². The third kappa shape index (κ3) is 3.12. The number of fused-ring (bicyclic) bond motifs is 1. The minimum Gasteiger partial charge on any atom is -0.481 e. The van der Waals surface area contributed by atoms with Gasteiger partial charge in [-0.3, -0.25) is 19.7 Å². The number of ether oxygens (including phenoxy) is 2. The zero-order valence-electron chi connectivity index (χ0n) is 12.4. The van der Waals surface area contributed by atoms with Crippen LogP contribution >= 0.6 is 0 Å². The van der Waals surface area contributed by atoms with Gasteiger partial charge in [0.05, 0.1) is 5.92 Å². The van der Waals surface area contributed by atoms with E-state index in [-0.39, 0.29) is 18.1 Å². The summed E-state index contributed by atoms with van der Waals surface area (Å²) in [5.41, 5.74) is -0.00838. The van der Waals surface area contributed by atoms with Crippen LogP contribution in [0.4, 0.5) is 0 Å². The van der Waals surface area contributed by atoms with Gasteiger partial charge in [-0.25, -0.2) is 4.79 Å². The fourth-order valence-electron chi connectivity index (χ4n) is 2.63. The summed E-state index contributed by atoms with van der Waals surface area (Å²) in [4.78, 5) is 44.6. The molecule has 0 aromatic heterocycles. The molecule has 3 atom stereocenters. The Morgan fingerprint density at radius 3 is 2.29 bits per heavy atom. The number of nitrogens with zero attached hydrogens (tertiary/aromatic N) is 1. The number of carbonyl (C=O) groups is 3. The lowest BCUT2D eigenvalue weighted by atomic mass is 9.78. The third-order valence-electron chi connectivity index (χ3n) is 3.66. The highest BCUT2D eigenvalue weighted by atomic mass is 16.7. The number of aliphatic carboxylic acids is 2. The van der Waals surface area contributed by atoms with E-state index in [0.29, 0.717) is 5.75 Å². The molecule has 1 aromatic rings. The lowest BCUT2D eigenvalue weighted by molar-refractivity contribution is -0.515. The van der Waals surface area contributed by atoms with Crippen LogP contribution in [0, 0.1) is 16.0 Å². The zero-order chi connectivity index (χ0) is 18.0. The van der Waals surface area contributed by atoms with E-state index in [4.69, 9.17) is 9.47 Å². The summed E-state index contributed by atoms with van der Waals surface area (Å²) in [5.74, 6) is -7.44. The number of rotatable bonds is 7.